The molecule has 5 nitrogen and oxygen atoms in total. The van der Waals surface area contributed by atoms with Crippen LogP contribution in [0.5, 0.6) is 0 Å². The van der Waals surface area contributed by atoms with Crippen molar-refractivity contribution in [2.45, 2.75) is 101 Å². The van der Waals surface area contributed by atoms with Gasteiger partial charge in [-0.1, -0.05) is 32.1 Å². The van der Waals surface area contributed by atoms with Gasteiger partial charge in [0.1, 0.15) is 5.84 Å². The second-order valence-electron chi connectivity index (χ2n) is 9.05. The van der Waals surface area contributed by atoms with Crippen molar-refractivity contribution in [1.29, 1.82) is 0 Å². The third-order valence-electron chi connectivity index (χ3n) is 7.33. The molecule has 2 unspecified atom stereocenters. The molecule has 0 aromatic rings. The summed E-state index contributed by atoms with van der Waals surface area (Å²) >= 11 is 0. The van der Waals surface area contributed by atoms with Crippen LogP contribution in [-0.2, 0) is 10.1 Å². The second kappa shape index (κ2) is 7.78. The number of nitrogens with zero attached hydrogens (tertiary/aromatic N) is 2. The van der Waals surface area contributed by atoms with E-state index in [1.54, 1.807) is 0 Å². The van der Waals surface area contributed by atoms with Crippen molar-refractivity contribution < 1.29 is 13.0 Å². The topological polar surface area (TPSA) is 70.0 Å². The quantitative estimate of drug-likeness (QED) is 0.745. The minimum Gasteiger partial charge on any atom is -0.355 e. The lowest BCUT2D eigenvalue weighted by Crippen LogP contribution is -2.46. The van der Waals surface area contributed by atoms with Crippen molar-refractivity contribution >= 4 is 16.0 Å². The average molecular weight is 383 g/mol. The molecular formula is C20H34N2O3S. The molecule has 0 aromatic carbocycles. The number of fused-ring (bicyclic) bond motifs is 1. The minimum absolute atomic E-state index is 0.509. The summed E-state index contributed by atoms with van der Waals surface area (Å²) in [5.74, 6) is 2.60. The van der Waals surface area contributed by atoms with Crippen LogP contribution in [0.15, 0.2) is 4.99 Å². The van der Waals surface area contributed by atoms with Crippen LogP contribution < -0.4 is 0 Å². The van der Waals surface area contributed by atoms with Gasteiger partial charge in [0.05, 0.1) is 17.3 Å². The Labute approximate surface area is 158 Å². The highest BCUT2D eigenvalue weighted by Gasteiger charge is 2.41. The SMILES string of the molecule is O=S(=O)(O)C1CCC(CN2C(C3CCCCC3)=NC3CCCCC32)CC1. The first-order valence-corrected chi connectivity index (χ1v) is 12.3. The Balaban J connectivity index is 1.43. The Morgan fingerprint density at radius 1 is 0.885 bits per heavy atom. The molecule has 2 atom stereocenters. The zero-order valence-electron chi connectivity index (χ0n) is 15.9. The van der Waals surface area contributed by atoms with E-state index >= 15 is 0 Å². The number of hydrogen-bond donors (Lipinski definition) is 1. The molecule has 0 spiro atoms. The summed E-state index contributed by atoms with van der Waals surface area (Å²) in [5, 5.41) is -0.536. The molecule has 0 aromatic heterocycles. The van der Waals surface area contributed by atoms with Gasteiger partial charge in [-0.05, 0) is 57.3 Å². The van der Waals surface area contributed by atoms with Gasteiger partial charge in [0.15, 0.2) is 0 Å². The van der Waals surface area contributed by atoms with Gasteiger partial charge >= 0.3 is 0 Å². The van der Waals surface area contributed by atoms with Gasteiger partial charge in [-0.15, -0.1) is 0 Å². The monoisotopic (exact) mass is 382 g/mol. The van der Waals surface area contributed by atoms with Crippen molar-refractivity contribution in [3.8, 4) is 0 Å². The maximum atomic E-state index is 11.4. The molecule has 0 bridgehead atoms. The maximum absolute atomic E-state index is 11.4. The van der Waals surface area contributed by atoms with Crippen LogP contribution in [0.1, 0.15) is 83.5 Å². The highest BCUT2D eigenvalue weighted by Crippen LogP contribution is 2.38. The highest BCUT2D eigenvalue weighted by atomic mass is 32.2. The third kappa shape index (κ3) is 3.96. The van der Waals surface area contributed by atoms with Crippen LogP contribution in [0.3, 0.4) is 0 Å². The number of hydrogen-bond acceptors (Lipinski definition) is 4. The first kappa shape index (κ1) is 18.7. The van der Waals surface area contributed by atoms with Crippen LogP contribution in [0, 0.1) is 11.8 Å². The van der Waals surface area contributed by atoms with E-state index in [1.165, 1.54) is 63.6 Å². The number of amidine groups is 1. The van der Waals surface area contributed by atoms with E-state index in [9.17, 15) is 13.0 Å². The van der Waals surface area contributed by atoms with Crippen LogP contribution in [0.25, 0.3) is 0 Å². The van der Waals surface area contributed by atoms with E-state index in [0.717, 1.165) is 19.4 Å². The molecule has 0 amide bonds. The Morgan fingerprint density at radius 2 is 1.54 bits per heavy atom. The van der Waals surface area contributed by atoms with E-state index in [0.29, 0.717) is 36.8 Å². The van der Waals surface area contributed by atoms with Gasteiger partial charge < -0.3 is 4.90 Å². The molecule has 26 heavy (non-hydrogen) atoms. The average Bonchev–Trinajstić information content (AvgIpc) is 3.01. The second-order valence-corrected chi connectivity index (χ2v) is 10.7. The molecule has 3 aliphatic carbocycles. The van der Waals surface area contributed by atoms with Gasteiger partial charge in [-0.3, -0.25) is 9.55 Å². The van der Waals surface area contributed by atoms with Gasteiger partial charge in [-0.2, -0.15) is 8.42 Å². The molecule has 4 aliphatic rings. The molecule has 0 saturated heterocycles. The molecule has 4 rings (SSSR count). The molecule has 6 heteroatoms. The molecule has 148 valence electrons. The summed E-state index contributed by atoms with van der Waals surface area (Å²) in [6.07, 6.45) is 14.8. The molecule has 3 saturated carbocycles. The Hall–Kier alpha value is -0.620. The maximum Gasteiger partial charge on any atom is 0.267 e. The molecular weight excluding hydrogens is 348 g/mol. The van der Waals surface area contributed by atoms with Gasteiger partial charge in [0.25, 0.3) is 10.1 Å². The number of rotatable bonds is 4. The molecule has 1 N–H and O–H groups in total. The summed E-state index contributed by atoms with van der Waals surface area (Å²) in [7, 11) is -3.86. The Morgan fingerprint density at radius 3 is 2.23 bits per heavy atom. The van der Waals surface area contributed by atoms with Crippen molar-refractivity contribution in [3.05, 3.63) is 0 Å². The summed E-state index contributed by atoms with van der Waals surface area (Å²) < 4.78 is 32.1. The summed E-state index contributed by atoms with van der Waals surface area (Å²) in [5.41, 5.74) is 0. The first-order chi connectivity index (χ1) is 12.5. The van der Waals surface area contributed by atoms with Crippen LogP contribution >= 0.6 is 0 Å². The molecule has 3 fully saturated rings. The van der Waals surface area contributed by atoms with E-state index in [1.807, 2.05) is 0 Å². The van der Waals surface area contributed by atoms with Crippen LogP contribution in [-0.4, -0.2) is 47.6 Å². The van der Waals surface area contributed by atoms with Crippen molar-refractivity contribution in [2.75, 3.05) is 6.54 Å². The lowest BCUT2D eigenvalue weighted by atomic mass is 9.84. The highest BCUT2D eigenvalue weighted by molar-refractivity contribution is 7.86. The van der Waals surface area contributed by atoms with E-state index < -0.39 is 15.4 Å². The molecule has 0 radical (unpaired) electrons. The zero-order valence-corrected chi connectivity index (χ0v) is 16.7. The van der Waals surface area contributed by atoms with Gasteiger partial charge in [0, 0.05) is 12.5 Å². The third-order valence-corrected chi connectivity index (χ3v) is 8.64. The number of aliphatic imine (C=N–C) groups is 1. The first-order valence-electron chi connectivity index (χ1n) is 10.8. The smallest absolute Gasteiger partial charge is 0.267 e. The van der Waals surface area contributed by atoms with Crippen molar-refractivity contribution in [3.63, 3.8) is 0 Å². The summed E-state index contributed by atoms with van der Waals surface area (Å²) in [6, 6.07) is 1.11. The Bertz CT molecular complexity index is 619. The van der Waals surface area contributed by atoms with Gasteiger partial charge in [-0.25, -0.2) is 0 Å². The fourth-order valence-corrected chi connectivity index (χ4v) is 6.71. The zero-order chi connectivity index (χ0) is 18.1. The predicted molar refractivity (Wildman–Crippen MR) is 104 cm³/mol. The summed E-state index contributed by atoms with van der Waals surface area (Å²) in [6.45, 7) is 1.05. The summed E-state index contributed by atoms with van der Waals surface area (Å²) in [4.78, 5) is 7.91. The van der Waals surface area contributed by atoms with Gasteiger partial charge in [0.2, 0.25) is 0 Å². The molecule has 1 heterocycles. The standard InChI is InChI=1S/C20H34N2O3S/c23-26(24,25)17-12-10-15(11-13-17)14-22-19-9-5-4-8-18(19)21-20(22)16-6-2-1-3-7-16/h15-19H,1-14H2,(H,23,24,25). The fourth-order valence-electron chi connectivity index (χ4n) is 5.84. The lowest BCUT2D eigenvalue weighted by Gasteiger charge is -2.39. The van der Waals surface area contributed by atoms with Crippen LogP contribution in [0.4, 0.5) is 0 Å². The van der Waals surface area contributed by atoms with E-state index in [-0.39, 0.29) is 0 Å². The molecule has 1 aliphatic heterocycles. The minimum atomic E-state index is -3.86. The normalized spacial score (nSPS) is 36.7. The fraction of sp³-hybridized carbons (Fsp3) is 0.950. The van der Waals surface area contributed by atoms with Crippen molar-refractivity contribution in [2.24, 2.45) is 16.8 Å². The van der Waals surface area contributed by atoms with E-state index in [4.69, 9.17) is 4.99 Å². The van der Waals surface area contributed by atoms with Crippen LogP contribution in [0.2, 0.25) is 0 Å². The lowest BCUT2D eigenvalue weighted by molar-refractivity contribution is 0.190. The Kier molecular flexibility index (Phi) is 5.61. The largest absolute Gasteiger partial charge is 0.355 e. The van der Waals surface area contributed by atoms with Crippen molar-refractivity contribution in [1.82, 2.24) is 4.90 Å². The predicted octanol–water partition coefficient (Wildman–Crippen LogP) is 4.04. The van der Waals surface area contributed by atoms with E-state index in [2.05, 4.69) is 4.90 Å².